The molecular formula is C29H35F2N5O4Si. The number of aromatic nitrogens is 3. The number of benzene rings is 1. The number of nitrogens with one attached hydrogen (secondary N) is 1. The molecule has 1 spiro atoms. The van der Waals surface area contributed by atoms with Gasteiger partial charge in [0.1, 0.15) is 12.4 Å². The van der Waals surface area contributed by atoms with Crippen molar-refractivity contribution in [2.45, 2.75) is 63.3 Å². The van der Waals surface area contributed by atoms with Crippen molar-refractivity contribution in [1.82, 2.24) is 20.1 Å². The van der Waals surface area contributed by atoms with Crippen LogP contribution < -0.4 is 19.7 Å². The molecule has 3 aromatic rings. The molecule has 2 aliphatic heterocycles. The zero-order valence-corrected chi connectivity index (χ0v) is 25.0. The van der Waals surface area contributed by atoms with Crippen molar-refractivity contribution in [1.29, 1.82) is 0 Å². The normalized spacial score (nSPS) is 19.0. The smallest absolute Gasteiger partial charge is 0.238 e. The number of nitrogens with zero attached hydrogens (tertiary/aromatic N) is 4. The molecule has 1 aromatic carbocycles. The van der Waals surface area contributed by atoms with Gasteiger partial charge < -0.3 is 24.4 Å². The number of rotatable bonds is 10. The minimum absolute atomic E-state index is 0.0243. The van der Waals surface area contributed by atoms with Crippen LogP contribution in [-0.4, -0.2) is 56.1 Å². The number of pyridine rings is 1. The maximum absolute atomic E-state index is 15.4. The van der Waals surface area contributed by atoms with Crippen LogP contribution in [0.15, 0.2) is 24.5 Å². The average Bonchev–Trinajstić information content (AvgIpc) is 3.88. The topological polar surface area (TPSA) is 101 Å². The number of hydrogen-bond donors (Lipinski definition) is 1. The van der Waals surface area contributed by atoms with Crippen LogP contribution in [0.4, 0.5) is 14.5 Å². The second-order valence-electron chi connectivity index (χ2n) is 12.2. The van der Waals surface area contributed by atoms with Gasteiger partial charge in [0.15, 0.2) is 23.1 Å². The Morgan fingerprint density at radius 1 is 1.10 bits per heavy atom. The lowest BCUT2D eigenvalue weighted by molar-refractivity contribution is -0.121. The molecule has 1 atom stereocenters. The predicted molar refractivity (Wildman–Crippen MR) is 152 cm³/mol. The lowest BCUT2D eigenvalue weighted by atomic mass is 9.86. The molecule has 2 aromatic heterocycles. The fourth-order valence-electron chi connectivity index (χ4n) is 5.54. The maximum Gasteiger partial charge on any atom is 0.238 e. The summed E-state index contributed by atoms with van der Waals surface area (Å²) in [4.78, 5) is 19.9. The maximum atomic E-state index is 15.4. The molecular weight excluding hydrogens is 548 g/mol. The molecule has 218 valence electrons. The largest absolute Gasteiger partial charge is 0.493 e. The molecule has 3 aliphatic rings. The zero-order valence-electron chi connectivity index (χ0n) is 24.0. The van der Waals surface area contributed by atoms with Gasteiger partial charge in [-0.25, -0.2) is 13.5 Å². The summed E-state index contributed by atoms with van der Waals surface area (Å²) < 4.78 is 48.9. The number of halogens is 2. The predicted octanol–water partition coefficient (Wildman–Crippen LogP) is 4.78. The number of ether oxygens (including phenoxy) is 3. The van der Waals surface area contributed by atoms with E-state index < -0.39 is 30.8 Å². The molecule has 0 bridgehead atoms. The summed E-state index contributed by atoms with van der Waals surface area (Å²) in [7, 11) is 1.34. The van der Waals surface area contributed by atoms with E-state index in [0.717, 1.165) is 41.0 Å². The van der Waals surface area contributed by atoms with E-state index in [1.54, 1.807) is 6.20 Å². The molecule has 2 fully saturated rings. The highest BCUT2D eigenvalue weighted by Gasteiger charge is 2.57. The lowest BCUT2D eigenvalue weighted by Crippen LogP contribution is -2.45. The van der Waals surface area contributed by atoms with Crippen LogP contribution in [-0.2, 0) is 28.2 Å². The van der Waals surface area contributed by atoms with Crippen molar-refractivity contribution < 1.29 is 27.8 Å². The molecule has 1 amide bonds. The zero-order chi connectivity index (χ0) is 29.1. The third kappa shape index (κ3) is 4.91. The van der Waals surface area contributed by atoms with Gasteiger partial charge in [-0.2, -0.15) is 5.10 Å². The third-order valence-electron chi connectivity index (χ3n) is 8.16. The Morgan fingerprint density at radius 3 is 2.37 bits per heavy atom. The standard InChI is InChI=1S/C29H35F2N5O4Si/c1-38-22-11-23(39-2)25(31)27(24(22)30)35-15-17-12-32-20(10-19(17)29(6-7-29)28(35)37)26-18(21-14-33-21)13-34-36(26)16-40-8-9-41(3,4)5/h10-13,21,33H,6-9,14-16H2,1-5H3. The van der Waals surface area contributed by atoms with Crippen LogP contribution in [0.1, 0.15) is 35.6 Å². The van der Waals surface area contributed by atoms with E-state index in [1.807, 2.05) is 16.9 Å². The molecule has 1 unspecified atom stereocenters. The highest BCUT2D eigenvalue weighted by Crippen LogP contribution is 2.55. The summed E-state index contributed by atoms with van der Waals surface area (Å²) in [6.45, 7) is 8.74. The Labute approximate surface area is 238 Å². The second-order valence-corrected chi connectivity index (χ2v) is 17.8. The van der Waals surface area contributed by atoms with E-state index in [1.165, 1.54) is 19.1 Å². The first-order chi connectivity index (χ1) is 19.6. The molecule has 0 radical (unpaired) electrons. The van der Waals surface area contributed by atoms with Crippen LogP contribution in [0.5, 0.6) is 11.5 Å². The summed E-state index contributed by atoms with van der Waals surface area (Å²) in [5.41, 5.74) is 2.85. The van der Waals surface area contributed by atoms with E-state index in [-0.39, 0.29) is 30.0 Å². The van der Waals surface area contributed by atoms with Gasteiger partial charge in [-0.1, -0.05) is 19.6 Å². The summed E-state index contributed by atoms with van der Waals surface area (Å²) in [5.74, 6) is -2.62. The summed E-state index contributed by atoms with van der Waals surface area (Å²) in [6.07, 6.45) is 4.73. The number of hydrogen-bond acceptors (Lipinski definition) is 7. The van der Waals surface area contributed by atoms with E-state index in [2.05, 4.69) is 30.1 Å². The van der Waals surface area contributed by atoms with Gasteiger partial charge >= 0.3 is 0 Å². The Bertz CT molecular complexity index is 1490. The Kier molecular flexibility index (Phi) is 6.90. The van der Waals surface area contributed by atoms with Crippen molar-refractivity contribution in [2.75, 3.05) is 32.3 Å². The van der Waals surface area contributed by atoms with Crippen LogP contribution >= 0.6 is 0 Å². The van der Waals surface area contributed by atoms with Crippen LogP contribution in [0.3, 0.4) is 0 Å². The molecule has 41 heavy (non-hydrogen) atoms. The molecule has 4 heterocycles. The fraction of sp³-hybridized carbons (Fsp3) is 0.483. The van der Waals surface area contributed by atoms with E-state index >= 15 is 8.78 Å². The Balaban J connectivity index is 1.36. The molecule has 9 nitrogen and oxygen atoms in total. The van der Waals surface area contributed by atoms with E-state index in [9.17, 15) is 4.79 Å². The van der Waals surface area contributed by atoms with Gasteiger partial charge in [0.2, 0.25) is 5.91 Å². The average molecular weight is 584 g/mol. The minimum atomic E-state index is -1.23. The third-order valence-corrected chi connectivity index (χ3v) is 9.86. The quantitative estimate of drug-likeness (QED) is 0.208. The van der Waals surface area contributed by atoms with E-state index in [0.29, 0.717) is 31.9 Å². The number of amides is 1. The molecule has 1 saturated heterocycles. The SMILES string of the molecule is COc1cc(OC)c(F)c(N2Cc3cnc(-c4c(C5CN5)cnn4COCC[Si](C)(C)C)cc3C3(CC3)C2=O)c1F. The lowest BCUT2D eigenvalue weighted by Gasteiger charge is -2.35. The van der Waals surface area contributed by atoms with Gasteiger partial charge in [-0.15, -0.1) is 0 Å². The molecule has 1 N–H and O–H groups in total. The summed E-state index contributed by atoms with van der Waals surface area (Å²) in [6, 6.07) is 4.35. The van der Waals surface area contributed by atoms with E-state index in [4.69, 9.17) is 19.2 Å². The highest BCUT2D eigenvalue weighted by atomic mass is 28.3. The van der Waals surface area contributed by atoms with Gasteiger partial charge in [0, 0.05) is 45.1 Å². The molecule has 1 aliphatic carbocycles. The fourth-order valence-corrected chi connectivity index (χ4v) is 6.30. The monoisotopic (exact) mass is 583 g/mol. The Hall–Kier alpha value is -3.35. The number of methoxy groups -OCH3 is 2. The van der Waals surface area contributed by atoms with Gasteiger partial charge in [-0.3, -0.25) is 9.78 Å². The van der Waals surface area contributed by atoms with Crippen LogP contribution in [0.25, 0.3) is 11.4 Å². The van der Waals surface area contributed by atoms with Crippen molar-refractivity contribution in [3.8, 4) is 22.9 Å². The molecule has 12 heteroatoms. The van der Waals surface area contributed by atoms with Crippen molar-refractivity contribution in [2.24, 2.45) is 0 Å². The summed E-state index contributed by atoms with van der Waals surface area (Å²) >= 11 is 0. The van der Waals surface area contributed by atoms with Gasteiger partial charge in [-0.05, 0) is 36.1 Å². The van der Waals surface area contributed by atoms with Crippen molar-refractivity contribution in [3.05, 3.63) is 52.9 Å². The number of carbonyl (C=O) groups excluding carboxylic acids is 1. The van der Waals surface area contributed by atoms with Crippen LogP contribution in [0.2, 0.25) is 25.7 Å². The first kappa shape index (κ1) is 27.8. The number of fused-ring (bicyclic) bond motifs is 2. The highest BCUT2D eigenvalue weighted by molar-refractivity contribution is 6.76. The first-order valence-electron chi connectivity index (χ1n) is 13.9. The minimum Gasteiger partial charge on any atom is -0.493 e. The number of carbonyl (C=O) groups is 1. The van der Waals surface area contributed by atoms with Gasteiger partial charge in [0.25, 0.3) is 0 Å². The number of anilines is 1. The van der Waals surface area contributed by atoms with Crippen molar-refractivity contribution >= 4 is 19.7 Å². The first-order valence-corrected chi connectivity index (χ1v) is 17.6. The molecule has 6 rings (SSSR count). The van der Waals surface area contributed by atoms with Gasteiger partial charge in [0.05, 0.1) is 43.8 Å². The summed E-state index contributed by atoms with van der Waals surface area (Å²) in [5, 5.41) is 7.96. The second kappa shape index (κ2) is 10.2. The van der Waals surface area contributed by atoms with Crippen LogP contribution in [0, 0.1) is 11.6 Å². The Morgan fingerprint density at radius 2 is 1.78 bits per heavy atom. The molecule has 1 saturated carbocycles. The van der Waals surface area contributed by atoms with Crippen molar-refractivity contribution in [3.63, 3.8) is 0 Å².